The number of halogens is 1. The molecule has 1 aliphatic heterocycles. The van der Waals surface area contributed by atoms with E-state index in [-0.39, 0.29) is 12.0 Å². The molecule has 202 valence electrons. The van der Waals surface area contributed by atoms with Crippen LogP contribution in [-0.4, -0.2) is 36.3 Å². The molecular formula is C30H26FN5O4. The van der Waals surface area contributed by atoms with Gasteiger partial charge in [0.2, 0.25) is 0 Å². The first-order valence-corrected chi connectivity index (χ1v) is 13.0. The van der Waals surface area contributed by atoms with E-state index in [1.54, 1.807) is 6.07 Å². The van der Waals surface area contributed by atoms with Crippen molar-refractivity contribution < 1.29 is 19.1 Å². The highest BCUT2D eigenvalue weighted by molar-refractivity contribution is 6.04. The third kappa shape index (κ3) is 4.72. The maximum atomic E-state index is 13.6. The number of para-hydroxylation sites is 2. The molecule has 3 heterocycles. The van der Waals surface area contributed by atoms with Crippen molar-refractivity contribution in [1.82, 2.24) is 19.5 Å². The molecule has 9 nitrogen and oxygen atoms in total. The van der Waals surface area contributed by atoms with E-state index in [0.717, 1.165) is 16.6 Å². The highest BCUT2D eigenvalue weighted by Gasteiger charge is 2.39. The minimum atomic E-state index is -0.874. The number of hydrogen-bond donors (Lipinski definition) is 2. The highest BCUT2D eigenvalue weighted by Crippen LogP contribution is 2.35. The number of aryl methyl sites for hydroxylation is 1. The number of carbonyl (C=O) groups is 1. The Kier molecular flexibility index (Phi) is 6.37. The van der Waals surface area contributed by atoms with Crippen molar-refractivity contribution >= 4 is 33.6 Å². The average Bonchev–Trinajstić information content (AvgIpc) is 3.57. The molecule has 1 atom stereocenters. The summed E-state index contributed by atoms with van der Waals surface area (Å²) in [7, 11) is 0. The summed E-state index contributed by atoms with van der Waals surface area (Å²) in [6.45, 7) is 1.93. The van der Waals surface area contributed by atoms with Crippen LogP contribution in [0.4, 0.5) is 4.39 Å². The highest BCUT2D eigenvalue weighted by atomic mass is 19.1. The van der Waals surface area contributed by atoms with Crippen molar-refractivity contribution in [3.63, 3.8) is 0 Å². The van der Waals surface area contributed by atoms with Crippen LogP contribution in [0.5, 0.6) is 0 Å². The monoisotopic (exact) mass is 539 g/mol. The molecule has 0 fully saturated rings. The molecular weight excluding hydrogens is 513 g/mol. The standard InChI is InChI=1S/C30H26FN5O4/c1-30(29-33-22-6-2-3-7-23(22)34-29)17-25(35-40-30)18-10-15-21-24(16-18)32-26(8-4-5-9-27(37)38)36(28(21)39)20-13-11-19(31)12-14-20/h2-3,6-7,10-16H,4-5,8-9,17H2,1H3,(H,33,34)(H,37,38)/t30-/m0/s1. The fourth-order valence-corrected chi connectivity index (χ4v) is 5.02. The zero-order valence-electron chi connectivity index (χ0n) is 21.7. The van der Waals surface area contributed by atoms with Gasteiger partial charge in [-0.05, 0) is 68.3 Å². The Labute approximate surface area is 228 Å². The largest absolute Gasteiger partial charge is 0.481 e. The minimum Gasteiger partial charge on any atom is -0.481 e. The molecule has 0 bridgehead atoms. The Morgan fingerprint density at radius 1 is 1.07 bits per heavy atom. The maximum absolute atomic E-state index is 13.6. The van der Waals surface area contributed by atoms with Gasteiger partial charge >= 0.3 is 5.97 Å². The van der Waals surface area contributed by atoms with E-state index >= 15 is 0 Å². The van der Waals surface area contributed by atoms with E-state index in [2.05, 4.69) is 15.1 Å². The maximum Gasteiger partial charge on any atom is 0.303 e. The number of rotatable bonds is 8. The van der Waals surface area contributed by atoms with E-state index in [1.165, 1.54) is 28.8 Å². The number of carboxylic acids is 1. The molecule has 1 aliphatic rings. The second-order valence-corrected chi connectivity index (χ2v) is 10.1. The van der Waals surface area contributed by atoms with Crippen LogP contribution in [0, 0.1) is 5.82 Å². The number of aliphatic carboxylic acids is 1. The van der Waals surface area contributed by atoms with Crippen LogP contribution < -0.4 is 5.56 Å². The lowest BCUT2D eigenvalue weighted by Gasteiger charge is -2.18. The third-order valence-corrected chi connectivity index (χ3v) is 7.15. The Morgan fingerprint density at radius 3 is 2.65 bits per heavy atom. The molecule has 2 aromatic heterocycles. The number of imidazole rings is 1. The van der Waals surface area contributed by atoms with Crippen LogP contribution >= 0.6 is 0 Å². The zero-order valence-corrected chi connectivity index (χ0v) is 21.7. The fourth-order valence-electron chi connectivity index (χ4n) is 5.02. The number of oxime groups is 1. The number of aromatic nitrogens is 4. The van der Waals surface area contributed by atoms with Crippen molar-refractivity contribution in [2.45, 2.75) is 44.6 Å². The number of H-pyrrole nitrogens is 1. The molecule has 0 saturated heterocycles. The van der Waals surface area contributed by atoms with Crippen LogP contribution in [0.3, 0.4) is 0 Å². The summed E-state index contributed by atoms with van der Waals surface area (Å²) in [4.78, 5) is 43.3. The molecule has 0 radical (unpaired) electrons. The van der Waals surface area contributed by atoms with E-state index in [0.29, 0.717) is 59.6 Å². The summed E-state index contributed by atoms with van der Waals surface area (Å²) in [6.07, 6.45) is 1.85. The SMILES string of the molecule is C[C@@]1(c2nc3ccccc3[nH]2)CC(c2ccc3c(=O)n(-c4ccc(F)cc4)c(CCCCC(=O)O)nc3c2)=NO1. The van der Waals surface area contributed by atoms with Gasteiger partial charge in [0.1, 0.15) is 11.6 Å². The average molecular weight is 540 g/mol. The molecule has 0 saturated carbocycles. The number of benzene rings is 3. The molecule has 0 spiro atoms. The van der Waals surface area contributed by atoms with E-state index in [1.807, 2.05) is 43.3 Å². The number of nitrogens with zero attached hydrogens (tertiary/aromatic N) is 4. The van der Waals surface area contributed by atoms with Gasteiger partial charge in [-0.25, -0.2) is 14.4 Å². The molecule has 5 aromatic rings. The number of unbranched alkanes of at least 4 members (excludes halogenated alkanes) is 1. The van der Waals surface area contributed by atoms with Crippen LogP contribution in [0.15, 0.2) is 76.7 Å². The summed E-state index contributed by atoms with van der Waals surface area (Å²) < 4.78 is 15.1. The van der Waals surface area contributed by atoms with Gasteiger partial charge in [-0.1, -0.05) is 23.4 Å². The fraction of sp³-hybridized carbons (Fsp3) is 0.233. The van der Waals surface area contributed by atoms with Crippen molar-refractivity contribution in [3.8, 4) is 5.69 Å². The van der Waals surface area contributed by atoms with Crippen LogP contribution in [0.25, 0.3) is 27.6 Å². The van der Waals surface area contributed by atoms with Crippen LogP contribution in [0.2, 0.25) is 0 Å². The summed E-state index contributed by atoms with van der Waals surface area (Å²) >= 11 is 0. The number of hydrogen-bond acceptors (Lipinski definition) is 6. The smallest absolute Gasteiger partial charge is 0.303 e. The van der Waals surface area contributed by atoms with Gasteiger partial charge in [0.05, 0.1) is 33.3 Å². The van der Waals surface area contributed by atoms with Gasteiger partial charge in [0, 0.05) is 24.8 Å². The molecule has 0 unspecified atom stereocenters. The Morgan fingerprint density at radius 2 is 1.88 bits per heavy atom. The normalized spacial score (nSPS) is 16.8. The second-order valence-electron chi connectivity index (χ2n) is 10.1. The van der Waals surface area contributed by atoms with Crippen molar-refractivity contribution in [3.05, 3.63) is 100 Å². The lowest BCUT2D eigenvalue weighted by molar-refractivity contribution is -0.137. The van der Waals surface area contributed by atoms with E-state index < -0.39 is 17.4 Å². The topological polar surface area (TPSA) is 122 Å². The van der Waals surface area contributed by atoms with Gasteiger partial charge in [-0.2, -0.15) is 0 Å². The number of aromatic amines is 1. The molecule has 6 rings (SSSR count). The predicted octanol–water partition coefficient (Wildman–Crippen LogP) is 5.24. The Balaban J connectivity index is 1.34. The summed E-state index contributed by atoms with van der Waals surface area (Å²) in [6, 6.07) is 18.8. The van der Waals surface area contributed by atoms with Gasteiger partial charge < -0.3 is 14.9 Å². The lowest BCUT2D eigenvalue weighted by atomic mass is 9.95. The van der Waals surface area contributed by atoms with Crippen molar-refractivity contribution in [2.75, 3.05) is 0 Å². The molecule has 2 N–H and O–H groups in total. The van der Waals surface area contributed by atoms with Crippen molar-refractivity contribution in [2.24, 2.45) is 5.16 Å². The molecule has 10 heteroatoms. The number of fused-ring (bicyclic) bond motifs is 2. The van der Waals surface area contributed by atoms with Gasteiger partial charge in [-0.15, -0.1) is 0 Å². The van der Waals surface area contributed by atoms with E-state index in [4.69, 9.17) is 14.9 Å². The molecule has 3 aromatic carbocycles. The zero-order chi connectivity index (χ0) is 27.9. The van der Waals surface area contributed by atoms with Crippen LogP contribution in [-0.2, 0) is 21.7 Å². The second kappa shape index (κ2) is 10.0. The lowest BCUT2D eigenvalue weighted by Crippen LogP contribution is -2.25. The van der Waals surface area contributed by atoms with Gasteiger partial charge in [0.25, 0.3) is 5.56 Å². The van der Waals surface area contributed by atoms with E-state index in [9.17, 15) is 14.0 Å². The first-order chi connectivity index (χ1) is 19.3. The third-order valence-electron chi connectivity index (χ3n) is 7.15. The van der Waals surface area contributed by atoms with Gasteiger partial charge in [0.15, 0.2) is 11.4 Å². The minimum absolute atomic E-state index is 0.0301. The summed E-state index contributed by atoms with van der Waals surface area (Å²) in [5.41, 5.74) is 3.17. The Bertz CT molecular complexity index is 1810. The van der Waals surface area contributed by atoms with Gasteiger partial charge in [-0.3, -0.25) is 14.2 Å². The quantitative estimate of drug-likeness (QED) is 0.260. The van der Waals surface area contributed by atoms with Crippen molar-refractivity contribution in [1.29, 1.82) is 0 Å². The molecule has 0 amide bonds. The summed E-state index contributed by atoms with van der Waals surface area (Å²) in [5, 5.41) is 13.8. The molecule has 0 aliphatic carbocycles. The Hall–Kier alpha value is -4.86. The van der Waals surface area contributed by atoms with Crippen LogP contribution in [0.1, 0.15) is 49.8 Å². The number of carboxylic acid groups (broad SMARTS) is 1. The predicted molar refractivity (Wildman–Crippen MR) is 148 cm³/mol. The molecule has 40 heavy (non-hydrogen) atoms. The summed E-state index contributed by atoms with van der Waals surface area (Å²) in [5.74, 6) is -0.130. The first-order valence-electron chi connectivity index (χ1n) is 13.0. The number of nitrogens with one attached hydrogen (secondary N) is 1. The first kappa shape index (κ1) is 25.4.